The summed E-state index contributed by atoms with van der Waals surface area (Å²) in [5.41, 5.74) is 2.21. The summed E-state index contributed by atoms with van der Waals surface area (Å²) in [6.45, 7) is 1.24. The van der Waals surface area contributed by atoms with Crippen LogP contribution < -0.4 is 5.73 Å². The minimum Gasteiger partial charge on any atom is -0.324 e. The van der Waals surface area contributed by atoms with Crippen molar-refractivity contribution in [2.75, 3.05) is 0 Å². The summed E-state index contributed by atoms with van der Waals surface area (Å²) in [6, 6.07) is -0.216. The predicted octanol–water partition coefficient (Wildman–Crippen LogP) is 3.19. The minimum absolute atomic E-state index is 0. The highest BCUT2D eigenvalue weighted by atomic mass is 35.5. The highest BCUT2D eigenvalue weighted by Crippen LogP contribution is 2.36. The molecule has 0 unspecified atom stereocenters. The van der Waals surface area contributed by atoms with E-state index >= 15 is 0 Å². The first-order valence-corrected chi connectivity index (χ1v) is 4.45. The Morgan fingerprint density at radius 1 is 1.39 bits per heavy atom. The molecule has 0 aliphatic carbocycles. The van der Waals surface area contributed by atoms with Gasteiger partial charge >= 0.3 is 6.18 Å². The average Bonchev–Trinajstić information content (AvgIpc) is 2.15. The van der Waals surface area contributed by atoms with E-state index in [2.05, 4.69) is 0 Å². The fraction of sp³-hybridized carbons (Fsp3) is 0.333. The van der Waals surface area contributed by atoms with Crippen molar-refractivity contribution in [1.82, 2.24) is 0 Å². The Labute approximate surface area is 105 Å². The highest BCUT2D eigenvalue weighted by Gasteiger charge is 2.37. The number of hydrogen-bond donors (Lipinski definition) is 1. The third kappa shape index (κ3) is 3.30. The van der Waals surface area contributed by atoms with E-state index in [0.29, 0.717) is 6.07 Å². The molecule has 1 aromatic rings. The standard InChI is InChI=1S/C9H8F4N2O2.ClH/c1-4(14)6-2-5(15(16)17)3-7(8(6)10)9(11,12)13;/h2-4H,14H2,1H3;1H/t4-;/m1./s1. The van der Waals surface area contributed by atoms with Crippen molar-refractivity contribution in [1.29, 1.82) is 0 Å². The van der Waals surface area contributed by atoms with Gasteiger partial charge in [-0.2, -0.15) is 13.2 Å². The maximum Gasteiger partial charge on any atom is 0.419 e. The number of non-ortho nitro benzene ring substituents is 1. The van der Waals surface area contributed by atoms with Crippen LogP contribution in [0.4, 0.5) is 23.2 Å². The normalized spacial score (nSPS) is 12.8. The first kappa shape index (κ1) is 16.6. The topological polar surface area (TPSA) is 69.2 Å². The van der Waals surface area contributed by atoms with E-state index in [0.717, 1.165) is 0 Å². The molecule has 0 radical (unpaired) electrons. The van der Waals surface area contributed by atoms with Crippen LogP contribution >= 0.6 is 12.4 Å². The molecule has 2 N–H and O–H groups in total. The van der Waals surface area contributed by atoms with Gasteiger partial charge in [-0.15, -0.1) is 12.4 Å². The molecule has 102 valence electrons. The zero-order valence-corrected chi connectivity index (χ0v) is 9.81. The molecule has 4 nitrogen and oxygen atoms in total. The van der Waals surface area contributed by atoms with E-state index < -0.39 is 39.8 Å². The number of alkyl halides is 3. The molecule has 18 heavy (non-hydrogen) atoms. The molecular weight excluding hydrogens is 280 g/mol. The second kappa shape index (κ2) is 5.49. The zero-order valence-electron chi connectivity index (χ0n) is 8.99. The quantitative estimate of drug-likeness (QED) is 0.516. The number of nitro benzene ring substituents is 1. The van der Waals surface area contributed by atoms with Gasteiger partial charge in [0.1, 0.15) is 5.82 Å². The number of nitro groups is 1. The number of nitrogens with two attached hydrogens (primary N) is 1. The van der Waals surface area contributed by atoms with E-state index in [1.807, 2.05) is 0 Å². The van der Waals surface area contributed by atoms with E-state index in [4.69, 9.17) is 5.73 Å². The Morgan fingerprint density at radius 3 is 2.22 bits per heavy atom. The van der Waals surface area contributed by atoms with Crippen LogP contribution in [0.1, 0.15) is 24.1 Å². The van der Waals surface area contributed by atoms with Crippen molar-refractivity contribution in [3.8, 4) is 0 Å². The number of rotatable bonds is 2. The second-order valence-electron chi connectivity index (χ2n) is 3.44. The Kier molecular flexibility index (Phi) is 5.06. The summed E-state index contributed by atoms with van der Waals surface area (Å²) in [7, 11) is 0. The molecule has 1 rings (SSSR count). The molecular formula is C9H9ClF4N2O2. The van der Waals surface area contributed by atoms with Gasteiger partial charge in [-0.3, -0.25) is 10.1 Å². The molecule has 0 spiro atoms. The lowest BCUT2D eigenvalue weighted by atomic mass is 10.0. The van der Waals surface area contributed by atoms with Crippen molar-refractivity contribution in [3.05, 3.63) is 39.2 Å². The molecule has 0 heterocycles. The zero-order chi connectivity index (χ0) is 13.4. The lowest BCUT2D eigenvalue weighted by Gasteiger charge is -2.13. The molecule has 0 saturated carbocycles. The lowest BCUT2D eigenvalue weighted by Crippen LogP contribution is -2.15. The molecule has 0 aliphatic rings. The molecule has 1 aromatic carbocycles. The third-order valence-corrected chi connectivity index (χ3v) is 2.09. The van der Waals surface area contributed by atoms with E-state index in [1.165, 1.54) is 6.92 Å². The Hall–Kier alpha value is -1.41. The van der Waals surface area contributed by atoms with Crippen molar-refractivity contribution in [2.24, 2.45) is 5.73 Å². The van der Waals surface area contributed by atoms with E-state index in [-0.39, 0.29) is 18.5 Å². The van der Waals surface area contributed by atoms with Gasteiger partial charge in [0.2, 0.25) is 0 Å². The molecule has 1 atom stereocenters. The maximum absolute atomic E-state index is 13.4. The van der Waals surface area contributed by atoms with Gasteiger partial charge in [0.15, 0.2) is 0 Å². The number of benzene rings is 1. The molecule has 0 aliphatic heterocycles. The van der Waals surface area contributed by atoms with Crippen LogP contribution in [-0.4, -0.2) is 4.92 Å². The lowest BCUT2D eigenvalue weighted by molar-refractivity contribution is -0.385. The average molecular weight is 289 g/mol. The smallest absolute Gasteiger partial charge is 0.324 e. The second-order valence-corrected chi connectivity index (χ2v) is 3.44. The number of hydrogen-bond acceptors (Lipinski definition) is 3. The van der Waals surface area contributed by atoms with Crippen molar-refractivity contribution >= 4 is 18.1 Å². The molecule has 9 heteroatoms. The van der Waals surface area contributed by atoms with Gasteiger partial charge < -0.3 is 5.73 Å². The number of nitrogens with zero attached hydrogens (tertiary/aromatic N) is 1. The summed E-state index contributed by atoms with van der Waals surface area (Å²) in [6.07, 6.45) is -5.00. The van der Waals surface area contributed by atoms with Crippen LogP contribution in [0.25, 0.3) is 0 Å². The fourth-order valence-electron chi connectivity index (χ4n) is 1.27. The Balaban J connectivity index is 0.00000289. The predicted molar refractivity (Wildman–Crippen MR) is 57.9 cm³/mol. The molecule has 0 saturated heterocycles. The molecule has 0 bridgehead atoms. The Morgan fingerprint density at radius 2 is 1.89 bits per heavy atom. The van der Waals surface area contributed by atoms with E-state index in [9.17, 15) is 27.7 Å². The largest absolute Gasteiger partial charge is 0.419 e. The van der Waals surface area contributed by atoms with Crippen molar-refractivity contribution in [3.63, 3.8) is 0 Å². The first-order valence-electron chi connectivity index (χ1n) is 4.45. The van der Waals surface area contributed by atoms with Gasteiger partial charge in [0.05, 0.1) is 10.5 Å². The maximum atomic E-state index is 13.4. The number of halogens is 5. The van der Waals surface area contributed by atoms with Crippen LogP contribution in [-0.2, 0) is 6.18 Å². The third-order valence-electron chi connectivity index (χ3n) is 2.09. The van der Waals surface area contributed by atoms with Crippen LogP contribution in [0, 0.1) is 15.9 Å². The van der Waals surface area contributed by atoms with Crippen LogP contribution in [0.5, 0.6) is 0 Å². The fourth-order valence-corrected chi connectivity index (χ4v) is 1.27. The summed E-state index contributed by atoms with van der Waals surface area (Å²) in [4.78, 5) is 9.41. The highest BCUT2D eigenvalue weighted by molar-refractivity contribution is 5.85. The van der Waals surface area contributed by atoms with Crippen molar-refractivity contribution in [2.45, 2.75) is 19.1 Å². The Bertz CT molecular complexity index is 463. The van der Waals surface area contributed by atoms with Crippen LogP contribution in [0.15, 0.2) is 12.1 Å². The summed E-state index contributed by atoms with van der Waals surface area (Å²) >= 11 is 0. The SMILES string of the molecule is C[C@@H](N)c1cc([N+](=O)[O-])cc(C(F)(F)F)c1F.Cl. The minimum atomic E-state index is -5.00. The van der Waals surface area contributed by atoms with Crippen LogP contribution in [0.2, 0.25) is 0 Å². The van der Waals surface area contributed by atoms with Crippen molar-refractivity contribution < 1.29 is 22.5 Å². The molecule has 0 amide bonds. The van der Waals surface area contributed by atoms with Gasteiger partial charge in [-0.25, -0.2) is 4.39 Å². The van der Waals surface area contributed by atoms with Gasteiger partial charge in [0.25, 0.3) is 5.69 Å². The summed E-state index contributed by atoms with van der Waals surface area (Å²) in [5.74, 6) is -1.57. The van der Waals surface area contributed by atoms with Gasteiger partial charge in [-0.1, -0.05) is 0 Å². The van der Waals surface area contributed by atoms with Gasteiger partial charge in [0, 0.05) is 23.7 Å². The monoisotopic (exact) mass is 288 g/mol. The summed E-state index contributed by atoms with van der Waals surface area (Å²) < 4.78 is 50.7. The first-order chi connectivity index (χ1) is 7.64. The van der Waals surface area contributed by atoms with Crippen LogP contribution in [0.3, 0.4) is 0 Å². The molecule has 0 fully saturated rings. The summed E-state index contributed by atoms with van der Waals surface area (Å²) in [5, 5.41) is 10.4. The van der Waals surface area contributed by atoms with Gasteiger partial charge in [-0.05, 0) is 6.92 Å². The molecule has 0 aromatic heterocycles. The van der Waals surface area contributed by atoms with E-state index in [1.54, 1.807) is 0 Å².